The zero-order chi connectivity index (χ0) is 14.0. The number of aromatic nitrogens is 2. The van der Waals surface area contributed by atoms with Crippen LogP contribution in [0.3, 0.4) is 0 Å². The monoisotopic (exact) mass is 406 g/mol. The van der Waals surface area contributed by atoms with Gasteiger partial charge in [0, 0.05) is 18.3 Å². The molecule has 0 spiro atoms. The summed E-state index contributed by atoms with van der Waals surface area (Å²) in [5.41, 5.74) is 5.13. The smallest absolute Gasteiger partial charge is 0.0766 e. The number of nitrogens with one attached hydrogen (secondary N) is 1. The Balaban J connectivity index is 2.26. The number of halogens is 2. The number of hydrogen-bond acceptors (Lipinski definition) is 4. The van der Waals surface area contributed by atoms with E-state index in [1.165, 1.54) is 4.88 Å². The summed E-state index contributed by atoms with van der Waals surface area (Å²) in [6.45, 7) is 2.10. The van der Waals surface area contributed by atoms with Crippen LogP contribution in [-0.2, 0) is 19.9 Å². The third-order valence-electron chi connectivity index (χ3n) is 3.04. The van der Waals surface area contributed by atoms with Crippen molar-refractivity contribution >= 4 is 43.2 Å². The third kappa shape index (κ3) is 3.28. The summed E-state index contributed by atoms with van der Waals surface area (Å²) >= 11 is 8.82. The number of hydrazine groups is 1. The van der Waals surface area contributed by atoms with Gasteiger partial charge in [-0.3, -0.25) is 16.0 Å². The van der Waals surface area contributed by atoms with Crippen molar-refractivity contribution in [1.29, 1.82) is 0 Å². The molecule has 3 N–H and O–H groups in total. The lowest BCUT2D eigenvalue weighted by Crippen LogP contribution is -2.29. The Morgan fingerprint density at radius 3 is 2.68 bits per heavy atom. The van der Waals surface area contributed by atoms with E-state index >= 15 is 0 Å². The first-order valence-electron chi connectivity index (χ1n) is 5.98. The number of hydrogen-bond donors (Lipinski definition) is 2. The fourth-order valence-electron chi connectivity index (χ4n) is 1.99. The highest BCUT2D eigenvalue weighted by molar-refractivity contribution is 9.11. The van der Waals surface area contributed by atoms with Crippen LogP contribution < -0.4 is 11.3 Å². The predicted molar refractivity (Wildman–Crippen MR) is 86.1 cm³/mol. The number of nitrogens with zero attached hydrogens (tertiary/aromatic N) is 2. The van der Waals surface area contributed by atoms with E-state index in [9.17, 15) is 0 Å². The van der Waals surface area contributed by atoms with Crippen LogP contribution in [0.15, 0.2) is 20.4 Å². The molecule has 104 valence electrons. The molecule has 1 unspecified atom stereocenters. The zero-order valence-electron chi connectivity index (χ0n) is 10.8. The fourth-order valence-corrected chi connectivity index (χ4v) is 4.25. The lowest BCUT2D eigenvalue weighted by atomic mass is 10.1. The van der Waals surface area contributed by atoms with Crippen LogP contribution in [0.5, 0.6) is 0 Å². The largest absolute Gasteiger partial charge is 0.271 e. The van der Waals surface area contributed by atoms with Crippen LogP contribution >= 0.6 is 43.2 Å². The molecule has 0 saturated heterocycles. The van der Waals surface area contributed by atoms with Gasteiger partial charge >= 0.3 is 0 Å². The summed E-state index contributed by atoms with van der Waals surface area (Å²) in [5.74, 6) is 5.70. The zero-order valence-corrected chi connectivity index (χ0v) is 14.8. The van der Waals surface area contributed by atoms with Gasteiger partial charge in [-0.05, 0) is 50.4 Å². The molecule has 0 aliphatic heterocycles. The second kappa shape index (κ2) is 6.49. The maximum Gasteiger partial charge on any atom is 0.0766 e. The van der Waals surface area contributed by atoms with Crippen molar-refractivity contribution in [3.8, 4) is 0 Å². The molecule has 2 heterocycles. The van der Waals surface area contributed by atoms with E-state index in [0.717, 1.165) is 32.5 Å². The Morgan fingerprint density at radius 2 is 2.21 bits per heavy atom. The first kappa shape index (κ1) is 15.2. The summed E-state index contributed by atoms with van der Waals surface area (Å²) in [6, 6.07) is 4.22. The summed E-state index contributed by atoms with van der Waals surface area (Å²) < 4.78 is 4.13. The minimum atomic E-state index is 0.0905. The van der Waals surface area contributed by atoms with Gasteiger partial charge in [0.1, 0.15) is 0 Å². The second-order valence-corrected chi connectivity index (χ2v) is 7.54. The molecular formula is C12H16Br2N4S. The van der Waals surface area contributed by atoms with Crippen LogP contribution in [0, 0.1) is 0 Å². The van der Waals surface area contributed by atoms with E-state index in [-0.39, 0.29) is 6.04 Å². The van der Waals surface area contributed by atoms with E-state index in [0.29, 0.717) is 0 Å². The van der Waals surface area contributed by atoms with Crippen molar-refractivity contribution in [3.63, 3.8) is 0 Å². The van der Waals surface area contributed by atoms with Gasteiger partial charge in [-0.15, -0.1) is 11.3 Å². The van der Waals surface area contributed by atoms with Crippen molar-refractivity contribution in [2.45, 2.75) is 25.8 Å². The van der Waals surface area contributed by atoms with Gasteiger partial charge in [-0.25, -0.2) is 0 Å². The summed E-state index contributed by atoms with van der Waals surface area (Å²) in [5, 5.41) is 4.51. The molecule has 2 aromatic heterocycles. The number of rotatable bonds is 5. The van der Waals surface area contributed by atoms with E-state index in [1.54, 1.807) is 11.3 Å². The number of aryl methyl sites for hydroxylation is 2. The SMILES string of the molecule is CCc1nn(C)c(CC(NN)c2ccc(Br)s2)c1Br. The Hall–Kier alpha value is -0.210. The molecule has 0 bridgehead atoms. The summed E-state index contributed by atoms with van der Waals surface area (Å²) in [7, 11) is 1.97. The standard InChI is InChI=1S/C12H16Br2N4S/c1-3-7-12(14)9(18(2)17-7)6-8(16-15)10-4-5-11(13)19-10/h4-5,8,16H,3,6,15H2,1-2H3. The maximum absolute atomic E-state index is 5.70. The van der Waals surface area contributed by atoms with Crippen molar-refractivity contribution in [2.75, 3.05) is 0 Å². The van der Waals surface area contributed by atoms with Crippen molar-refractivity contribution in [2.24, 2.45) is 12.9 Å². The van der Waals surface area contributed by atoms with E-state index < -0.39 is 0 Å². The third-order valence-corrected chi connectivity index (χ3v) is 5.69. The average Bonchev–Trinajstić information content (AvgIpc) is 2.92. The highest BCUT2D eigenvalue weighted by Crippen LogP contribution is 2.31. The Bertz CT molecular complexity index is 564. The first-order chi connectivity index (χ1) is 9.06. The van der Waals surface area contributed by atoms with Gasteiger partial charge in [-0.2, -0.15) is 5.10 Å². The molecule has 0 saturated carbocycles. The highest BCUT2D eigenvalue weighted by Gasteiger charge is 2.19. The summed E-state index contributed by atoms with van der Waals surface area (Å²) in [4.78, 5) is 1.21. The quantitative estimate of drug-likeness (QED) is 0.590. The Kier molecular flexibility index (Phi) is 5.19. The van der Waals surface area contributed by atoms with Gasteiger partial charge in [0.15, 0.2) is 0 Å². The summed E-state index contributed by atoms with van der Waals surface area (Å²) in [6.07, 6.45) is 1.72. The molecule has 7 heteroatoms. The van der Waals surface area contributed by atoms with Crippen molar-refractivity contribution < 1.29 is 0 Å². The van der Waals surface area contributed by atoms with E-state index in [4.69, 9.17) is 5.84 Å². The van der Waals surface area contributed by atoms with Crippen LogP contribution in [0.25, 0.3) is 0 Å². The lowest BCUT2D eigenvalue weighted by Gasteiger charge is -2.14. The maximum atomic E-state index is 5.70. The molecule has 4 nitrogen and oxygen atoms in total. The Labute approximate surface area is 133 Å². The topological polar surface area (TPSA) is 55.9 Å². The number of thiophene rings is 1. The molecule has 2 rings (SSSR count). The Morgan fingerprint density at radius 1 is 1.47 bits per heavy atom. The molecule has 0 amide bonds. The molecule has 2 aromatic rings. The highest BCUT2D eigenvalue weighted by atomic mass is 79.9. The minimum absolute atomic E-state index is 0.0905. The molecule has 0 aliphatic carbocycles. The molecule has 0 radical (unpaired) electrons. The van der Waals surface area contributed by atoms with Crippen molar-refractivity contribution in [1.82, 2.24) is 15.2 Å². The fraction of sp³-hybridized carbons (Fsp3) is 0.417. The second-order valence-electron chi connectivity index (χ2n) is 4.25. The van der Waals surface area contributed by atoms with Crippen molar-refractivity contribution in [3.05, 3.63) is 36.7 Å². The predicted octanol–water partition coefficient (Wildman–Crippen LogP) is 3.32. The average molecular weight is 408 g/mol. The van der Waals surface area contributed by atoms with Gasteiger partial charge in [0.2, 0.25) is 0 Å². The minimum Gasteiger partial charge on any atom is -0.271 e. The van der Waals surface area contributed by atoms with Gasteiger partial charge < -0.3 is 0 Å². The van der Waals surface area contributed by atoms with Gasteiger partial charge in [0.25, 0.3) is 0 Å². The molecule has 0 aromatic carbocycles. The van der Waals surface area contributed by atoms with Crippen LogP contribution in [0.2, 0.25) is 0 Å². The first-order valence-corrected chi connectivity index (χ1v) is 8.38. The number of nitrogens with two attached hydrogens (primary N) is 1. The van der Waals surface area contributed by atoms with Crippen LogP contribution in [0.1, 0.15) is 29.2 Å². The van der Waals surface area contributed by atoms with Crippen LogP contribution in [0.4, 0.5) is 0 Å². The van der Waals surface area contributed by atoms with Crippen LogP contribution in [-0.4, -0.2) is 9.78 Å². The molecule has 0 fully saturated rings. The van der Waals surface area contributed by atoms with E-state index in [1.807, 2.05) is 17.8 Å². The van der Waals surface area contributed by atoms with Gasteiger partial charge in [-0.1, -0.05) is 6.92 Å². The van der Waals surface area contributed by atoms with Gasteiger partial charge in [0.05, 0.1) is 25.7 Å². The molecule has 19 heavy (non-hydrogen) atoms. The molecular weight excluding hydrogens is 392 g/mol. The molecule has 0 aliphatic rings. The molecule has 1 atom stereocenters. The normalized spacial score (nSPS) is 12.9. The van der Waals surface area contributed by atoms with E-state index in [2.05, 4.69) is 55.4 Å². The lowest BCUT2D eigenvalue weighted by molar-refractivity contribution is 0.536.